The van der Waals surface area contributed by atoms with Gasteiger partial charge in [0.1, 0.15) is 9.77 Å². The lowest BCUT2D eigenvalue weighted by Crippen LogP contribution is -2.18. The number of aryl methyl sites for hydroxylation is 1. The van der Waals surface area contributed by atoms with Crippen molar-refractivity contribution in [3.05, 3.63) is 94.6 Å². The van der Waals surface area contributed by atoms with E-state index in [0.717, 1.165) is 16.9 Å². The molecule has 8 nitrogen and oxygen atoms in total. The van der Waals surface area contributed by atoms with Crippen LogP contribution < -0.4 is 15.4 Å². The number of anilines is 3. The van der Waals surface area contributed by atoms with Crippen LogP contribution in [0.1, 0.15) is 25.8 Å². The standard InChI is InChI=1S/C23H19N3O5S2/c1-15-4-6-18(7-5-15)26-33(29,30)20-12-14-32-21(20)23(28)25-17-10-8-16(9-11-17)24-22(27)19-3-2-13-31-19/h2-14,26H,1H3,(H,24,27)(H,25,28). The van der Waals surface area contributed by atoms with Crippen LogP contribution in [0.2, 0.25) is 0 Å². The summed E-state index contributed by atoms with van der Waals surface area (Å²) in [6.07, 6.45) is 1.41. The molecule has 0 radical (unpaired) electrons. The number of thiophene rings is 1. The molecule has 2 aromatic carbocycles. The second kappa shape index (κ2) is 9.31. The van der Waals surface area contributed by atoms with Crippen LogP contribution in [-0.4, -0.2) is 20.2 Å². The van der Waals surface area contributed by atoms with Crippen molar-refractivity contribution in [2.75, 3.05) is 15.4 Å². The lowest BCUT2D eigenvalue weighted by atomic mass is 10.2. The van der Waals surface area contributed by atoms with Crippen LogP contribution in [0.4, 0.5) is 17.1 Å². The zero-order valence-corrected chi connectivity index (χ0v) is 19.0. The van der Waals surface area contributed by atoms with E-state index < -0.39 is 21.8 Å². The molecule has 2 heterocycles. The summed E-state index contributed by atoms with van der Waals surface area (Å²) in [6, 6.07) is 17.9. The molecule has 0 aliphatic heterocycles. The van der Waals surface area contributed by atoms with Gasteiger partial charge >= 0.3 is 0 Å². The number of furan rings is 1. The van der Waals surface area contributed by atoms with E-state index in [-0.39, 0.29) is 15.5 Å². The van der Waals surface area contributed by atoms with Crippen LogP contribution >= 0.6 is 11.3 Å². The van der Waals surface area contributed by atoms with E-state index in [2.05, 4.69) is 15.4 Å². The highest BCUT2D eigenvalue weighted by Gasteiger charge is 2.24. The Hall–Kier alpha value is -3.89. The Morgan fingerprint density at radius 3 is 2.03 bits per heavy atom. The molecule has 0 aliphatic rings. The highest BCUT2D eigenvalue weighted by Crippen LogP contribution is 2.26. The molecule has 0 bridgehead atoms. The summed E-state index contributed by atoms with van der Waals surface area (Å²) in [6.45, 7) is 1.90. The van der Waals surface area contributed by atoms with E-state index in [9.17, 15) is 18.0 Å². The monoisotopic (exact) mass is 481 g/mol. The van der Waals surface area contributed by atoms with Crippen molar-refractivity contribution >= 4 is 50.2 Å². The van der Waals surface area contributed by atoms with Crippen molar-refractivity contribution in [1.82, 2.24) is 0 Å². The smallest absolute Gasteiger partial charge is 0.291 e. The van der Waals surface area contributed by atoms with E-state index in [0.29, 0.717) is 17.1 Å². The third-order valence-electron chi connectivity index (χ3n) is 4.57. The van der Waals surface area contributed by atoms with Gasteiger partial charge in [-0.15, -0.1) is 11.3 Å². The number of carbonyl (C=O) groups is 2. The number of hydrogen-bond donors (Lipinski definition) is 3. The van der Waals surface area contributed by atoms with Crippen molar-refractivity contribution in [2.24, 2.45) is 0 Å². The molecule has 168 valence electrons. The quantitative estimate of drug-likeness (QED) is 0.345. The average Bonchev–Trinajstić information content (AvgIpc) is 3.49. The van der Waals surface area contributed by atoms with Crippen molar-refractivity contribution in [1.29, 1.82) is 0 Å². The molecule has 2 aromatic heterocycles. The number of benzene rings is 2. The van der Waals surface area contributed by atoms with Gasteiger partial charge in [0, 0.05) is 17.1 Å². The average molecular weight is 482 g/mol. The fraction of sp³-hybridized carbons (Fsp3) is 0.0435. The predicted molar refractivity (Wildman–Crippen MR) is 127 cm³/mol. The molecule has 33 heavy (non-hydrogen) atoms. The van der Waals surface area contributed by atoms with Crippen LogP contribution in [0.15, 0.2) is 87.7 Å². The maximum Gasteiger partial charge on any atom is 0.291 e. The lowest BCUT2D eigenvalue weighted by Gasteiger charge is -2.10. The fourth-order valence-corrected chi connectivity index (χ4v) is 5.31. The van der Waals surface area contributed by atoms with Gasteiger partial charge in [0.15, 0.2) is 5.76 Å². The Bertz CT molecular complexity index is 1370. The first-order chi connectivity index (χ1) is 15.8. The van der Waals surface area contributed by atoms with Crippen LogP contribution in [0.3, 0.4) is 0 Å². The highest BCUT2D eigenvalue weighted by atomic mass is 32.2. The van der Waals surface area contributed by atoms with E-state index in [1.54, 1.807) is 66.0 Å². The van der Waals surface area contributed by atoms with E-state index in [4.69, 9.17) is 4.42 Å². The lowest BCUT2D eigenvalue weighted by molar-refractivity contribution is 0.0994. The summed E-state index contributed by atoms with van der Waals surface area (Å²) in [7, 11) is -3.95. The first kappa shape index (κ1) is 22.3. The van der Waals surface area contributed by atoms with Crippen LogP contribution in [0, 0.1) is 6.92 Å². The SMILES string of the molecule is Cc1ccc(NS(=O)(=O)c2ccsc2C(=O)Nc2ccc(NC(=O)c3ccco3)cc2)cc1. The molecule has 0 spiro atoms. The zero-order valence-electron chi connectivity index (χ0n) is 17.4. The molecule has 2 amide bonds. The van der Waals surface area contributed by atoms with Gasteiger partial charge in [-0.25, -0.2) is 8.42 Å². The number of sulfonamides is 1. The summed E-state index contributed by atoms with van der Waals surface area (Å²) >= 11 is 1.03. The number of carbonyl (C=O) groups excluding carboxylic acids is 2. The van der Waals surface area contributed by atoms with Gasteiger partial charge in [-0.05, 0) is 66.9 Å². The number of nitrogens with one attached hydrogen (secondary N) is 3. The molecule has 0 saturated carbocycles. The fourth-order valence-electron chi connectivity index (χ4n) is 2.93. The van der Waals surface area contributed by atoms with Crippen LogP contribution in [0.25, 0.3) is 0 Å². The van der Waals surface area contributed by atoms with Crippen LogP contribution in [-0.2, 0) is 10.0 Å². The maximum atomic E-state index is 12.8. The third kappa shape index (κ3) is 5.30. The molecule has 0 atom stereocenters. The van der Waals surface area contributed by atoms with Gasteiger partial charge in [-0.3, -0.25) is 14.3 Å². The Labute approximate surface area is 194 Å². The molecule has 0 unspecified atom stereocenters. The minimum Gasteiger partial charge on any atom is -0.459 e. The first-order valence-electron chi connectivity index (χ1n) is 9.75. The van der Waals surface area contributed by atoms with Gasteiger partial charge in [0.05, 0.1) is 6.26 Å². The van der Waals surface area contributed by atoms with Crippen molar-refractivity contribution in [2.45, 2.75) is 11.8 Å². The highest BCUT2D eigenvalue weighted by molar-refractivity contribution is 7.93. The molecule has 0 aliphatic carbocycles. The Balaban J connectivity index is 1.44. The molecule has 10 heteroatoms. The van der Waals surface area contributed by atoms with Gasteiger partial charge in [0.25, 0.3) is 21.8 Å². The van der Waals surface area contributed by atoms with Crippen molar-refractivity contribution in [3.63, 3.8) is 0 Å². The minimum absolute atomic E-state index is 0.0600. The number of rotatable bonds is 7. The van der Waals surface area contributed by atoms with Crippen LogP contribution in [0.5, 0.6) is 0 Å². The second-order valence-electron chi connectivity index (χ2n) is 7.05. The molecule has 3 N–H and O–H groups in total. The predicted octanol–water partition coefficient (Wildman–Crippen LogP) is 4.95. The summed E-state index contributed by atoms with van der Waals surface area (Å²) in [5.74, 6) is -0.772. The molecule has 0 fully saturated rings. The minimum atomic E-state index is -3.95. The second-order valence-corrected chi connectivity index (χ2v) is 9.62. The van der Waals surface area contributed by atoms with E-state index >= 15 is 0 Å². The summed E-state index contributed by atoms with van der Waals surface area (Å²) in [5.41, 5.74) is 2.36. The zero-order chi connectivity index (χ0) is 23.4. The molecular weight excluding hydrogens is 462 g/mol. The number of amides is 2. The van der Waals surface area contributed by atoms with Crippen molar-refractivity contribution < 1.29 is 22.4 Å². The van der Waals surface area contributed by atoms with Crippen molar-refractivity contribution in [3.8, 4) is 0 Å². The Kier molecular flexibility index (Phi) is 6.29. The molecule has 4 rings (SSSR count). The van der Waals surface area contributed by atoms with E-state index in [1.165, 1.54) is 12.3 Å². The van der Waals surface area contributed by atoms with Gasteiger partial charge < -0.3 is 15.1 Å². The Morgan fingerprint density at radius 2 is 1.42 bits per heavy atom. The summed E-state index contributed by atoms with van der Waals surface area (Å²) in [4.78, 5) is 24.8. The summed E-state index contributed by atoms with van der Waals surface area (Å²) in [5, 5.41) is 6.91. The van der Waals surface area contributed by atoms with Gasteiger partial charge in [-0.2, -0.15) is 0 Å². The largest absolute Gasteiger partial charge is 0.459 e. The van der Waals surface area contributed by atoms with Gasteiger partial charge in [0.2, 0.25) is 0 Å². The number of hydrogen-bond acceptors (Lipinski definition) is 6. The van der Waals surface area contributed by atoms with E-state index in [1.807, 2.05) is 6.92 Å². The summed E-state index contributed by atoms with van der Waals surface area (Å²) < 4.78 is 33.2. The Morgan fingerprint density at radius 1 is 0.818 bits per heavy atom. The molecule has 0 saturated heterocycles. The maximum absolute atomic E-state index is 12.8. The van der Waals surface area contributed by atoms with Gasteiger partial charge in [-0.1, -0.05) is 17.7 Å². The normalized spacial score (nSPS) is 11.1. The molecule has 4 aromatic rings. The topological polar surface area (TPSA) is 118 Å². The first-order valence-corrected chi connectivity index (χ1v) is 12.1. The molecular formula is C23H19N3O5S2. The third-order valence-corrected chi connectivity index (χ3v) is 7.04.